The minimum atomic E-state index is -0.653. The number of amidine groups is 1. The Hall–Kier alpha value is -1.71. The van der Waals surface area contributed by atoms with Gasteiger partial charge in [0.25, 0.3) is 5.91 Å². The van der Waals surface area contributed by atoms with Crippen LogP contribution in [0.5, 0.6) is 0 Å². The van der Waals surface area contributed by atoms with Gasteiger partial charge in [-0.05, 0) is 19.1 Å². The highest BCUT2D eigenvalue weighted by Crippen LogP contribution is 2.15. The molecule has 0 unspecified atom stereocenters. The van der Waals surface area contributed by atoms with Crippen LogP contribution in [0.4, 0.5) is 0 Å². The maximum atomic E-state index is 11.5. The fourth-order valence-corrected chi connectivity index (χ4v) is 1.24. The molecule has 4 heteroatoms. The van der Waals surface area contributed by atoms with E-state index in [0.29, 0.717) is 5.84 Å². The van der Waals surface area contributed by atoms with Crippen LogP contribution in [0.15, 0.2) is 29.4 Å². The molecule has 0 spiro atoms. The first-order chi connectivity index (χ1) is 6.20. The molecule has 2 amide bonds. The van der Waals surface area contributed by atoms with Crippen molar-refractivity contribution < 1.29 is 9.59 Å². The zero-order chi connectivity index (χ0) is 9.42. The van der Waals surface area contributed by atoms with Crippen molar-refractivity contribution in [2.75, 3.05) is 0 Å². The molecule has 0 fully saturated rings. The highest BCUT2D eigenvalue weighted by Gasteiger charge is 2.32. The molecule has 0 N–H and O–H groups in total. The Labute approximate surface area is 75.2 Å². The average molecular weight is 176 g/mol. The van der Waals surface area contributed by atoms with Crippen LogP contribution in [0.3, 0.4) is 0 Å². The lowest BCUT2D eigenvalue weighted by molar-refractivity contribution is -0.137. The highest BCUT2D eigenvalue weighted by atomic mass is 16.2. The van der Waals surface area contributed by atoms with Crippen molar-refractivity contribution in [2.45, 2.75) is 6.92 Å². The first-order valence-electron chi connectivity index (χ1n) is 4.00. The molecule has 4 nitrogen and oxygen atoms in total. The van der Waals surface area contributed by atoms with Crippen LogP contribution in [-0.4, -0.2) is 22.5 Å². The zero-order valence-corrected chi connectivity index (χ0v) is 7.10. The summed E-state index contributed by atoms with van der Waals surface area (Å²) >= 11 is 0. The number of rotatable bonds is 0. The highest BCUT2D eigenvalue weighted by molar-refractivity contribution is 6.19. The van der Waals surface area contributed by atoms with Crippen molar-refractivity contribution in [3.63, 3.8) is 0 Å². The molecule has 0 aromatic rings. The van der Waals surface area contributed by atoms with E-state index in [9.17, 15) is 9.59 Å². The lowest BCUT2D eigenvalue weighted by Crippen LogP contribution is -2.43. The number of aliphatic imine (C=N–C) groups is 1. The van der Waals surface area contributed by atoms with Gasteiger partial charge in [0.2, 0.25) is 5.91 Å². The summed E-state index contributed by atoms with van der Waals surface area (Å²) in [5.41, 5.74) is 0. The van der Waals surface area contributed by atoms with Crippen molar-refractivity contribution >= 4 is 17.6 Å². The van der Waals surface area contributed by atoms with E-state index in [0.717, 1.165) is 0 Å². The lowest BCUT2D eigenvalue weighted by Gasteiger charge is -2.26. The number of amides is 2. The van der Waals surface area contributed by atoms with Gasteiger partial charge < -0.3 is 0 Å². The van der Waals surface area contributed by atoms with Gasteiger partial charge in [0.1, 0.15) is 11.8 Å². The second-order valence-corrected chi connectivity index (χ2v) is 2.94. The third-order valence-corrected chi connectivity index (χ3v) is 2.04. The van der Waals surface area contributed by atoms with Gasteiger partial charge in [0, 0.05) is 6.20 Å². The molecule has 2 rings (SSSR count). The molecule has 0 bridgehead atoms. The van der Waals surface area contributed by atoms with E-state index < -0.39 is 5.92 Å². The Morgan fingerprint density at radius 3 is 2.92 bits per heavy atom. The molecule has 0 aliphatic carbocycles. The van der Waals surface area contributed by atoms with Gasteiger partial charge in [-0.25, -0.2) is 0 Å². The minimum Gasteiger partial charge on any atom is -0.273 e. The largest absolute Gasteiger partial charge is 0.273 e. The predicted octanol–water partition coefficient (Wildman–Crippen LogP) is 0.473. The Bertz CT molecular complexity index is 366. The maximum absolute atomic E-state index is 11.5. The predicted molar refractivity (Wildman–Crippen MR) is 46.7 cm³/mol. The van der Waals surface area contributed by atoms with Crippen molar-refractivity contribution in [1.82, 2.24) is 4.90 Å². The summed E-state index contributed by atoms with van der Waals surface area (Å²) in [6.45, 7) is 1.57. The van der Waals surface area contributed by atoms with Gasteiger partial charge in [-0.3, -0.25) is 14.5 Å². The minimum absolute atomic E-state index is 0.212. The summed E-state index contributed by atoms with van der Waals surface area (Å²) in [4.78, 5) is 27.9. The van der Waals surface area contributed by atoms with E-state index in [-0.39, 0.29) is 11.8 Å². The molecule has 0 radical (unpaired) electrons. The first kappa shape index (κ1) is 7.91. The Kier molecular flexibility index (Phi) is 1.62. The molecule has 2 aliphatic rings. The second kappa shape index (κ2) is 2.65. The topological polar surface area (TPSA) is 49.7 Å². The van der Waals surface area contributed by atoms with E-state index in [4.69, 9.17) is 0 Å². The van der Waals surface area contributed by atoms with E-state index in [1.54, 1.807) is 31.4 Å². The van der Waals surface area contributed by atoms with E-state index in [1.807, 2.05) is 0 Å². The summed E-state index contributed by atoms with van der Waals surface area (Å²) < 4.78 is 0. The van der Waals surface area contributed by atoms with Gasteiger partial charge in [-0.1, -0.05) is 6.08 Å². The summed E-state index contributed by atoms with van der Waals surface area (Å²) in [7, 11) is 0. The molecule has 0 saturated heterocycles. The summed E-state index contributed by atoms with van der Waals surface area (Å²) in [5, 5.41) is 0. The fraction of sp³-hybridized carbons (Fsp3) is 0.222. The van der Waals surface area contributed by atoms with Gasteiger partial charge >= 0.3 is 0 Å². The molecular formula is C9H8N2O2. The number of carbonyl (C=O) groups is 2. The summed E-state index contributed by atoms with van der Waals surface area (Å²) in [5.74, 6) is -0.817. The summed E-state index contributed by atoms with van der Waals surface area (Å²) in [6, 6.07) is 0. The number of allylic oxidation sites excluding steroid dienone is 2. The second-order valence-electron chi connectivity index (χ2n) is 2.94. The third-order valence-electron chi connectivity index (χ3n) is 2.04. The van der Waals surface area contributed by atoms with Gasteiger partial charge in [0.15, 0.2) is 0 Å². The van der Waals surface area contributed by atoms with E-state index >= 15 is 0 Å². The van der Waals surface area contributed by atoms with Gasteiger partial charge in [-0.2, -0.15) is 4.99 Å². The smallest absolute Gasteiger partial charge is 0.259 e. The van der Waals surface area contributed by atoms with Crippen LogP contribution < -0.4 is 0 Å². The number of nitrogens with zero attached hydrogens (tertiary/aromatic N) is 2. The molecule has 0 aromatic heterocycles. The molecule has 2 aliphatic heterocycles. The monoisotopic (exact) mass is 176 g/mol. The van der Waals surface area contributed by atoms with E-state index in [1.165, 1.54) is 4.90 Å². The van der Waals surface area contributed by atoms with Crippen LogP contribution in [0.2, 0.25) is 0 Å². The maximum Gasteiger partial charge on any atom is 0.259 e. The van der Waals surface area contributed by atoms with Crippen molar-refractivity contribution in [2.24, 2.45) is 10.9 Å². The number of hydrogen-bond donors (Lipinski definition) is 0. The molecule has 2 heterocycles. The summed E-state index contributed by atoms with van der Waals surface area (Å²) in [6.07, 6.45) is 6.73. The van der Waals surface area contributed by atoms with Crippen LogP contribution in [0.1, 0.15) is 6.92 Å². The van der Waals surface area contributed by atoms with Crippen molar-refractivity contribution in [3.05, 3.63) is 24.4 Å². The zero-order valence-electron chi connectivity index (χ0n) is 7.10. The van der Waals surface area contributed by atoms with Crippen molar-refractivity contribution in [3.8, 4) is 0 Å². The van der Waals surface area contributed by atoms with Crippen LogP contribution in [-0.2, 0) is 9.59 Å². The van der Waals surface area contributed by atoms with Crippen LogP contribution in [0, 0.1) is 5.92 Å². The SMILES string of the molecule is C[C@H]1C(=O)N=C2C=CC=CN2C1=O. The molecule has 13 heavy (non-hydrogen) atoms. The molecule has 66 valence electrons. The molecule has 0 saturated carbocycles. The van der Waals surface area contributed by atoms with Crippen LogP contribution in [0.25, 0.3) is 0 Å². The quantitative estimate of drug-likeness (QED) is 0.504. The molecule has 1 atom stereocenters. The Morgan fingerprint density at radius 1 is 1.38 bits per heavy atom. The Balaban J connectivity index is 2.46. The average Bonchev–Trinajstić information content (AvgIpc) is 2.15. The fourth-order valence-electron chi connectivity index (χ4n) is 1.24. The lowest BCUT2D eigenvalue weighted by atomic mass is 10.1. The van der Waals surface area contributed by atoms with Gasteiger partial charge in [0.05, 0.1) is 0 Å². The number of fused-ring (bicyclic) bond motifs is 1. The number of hydrogen-bond acceptors (Lipinski definition) is 2. The standard InChI is InChI=1S/C9H8N2O2/c1-6-8(12)10-7-4-2-3-5-11(7)9(6)13/h2-6H,1H3/t6-/m0/s1. The molecule has 0 aromatic carbocycles. The van der Waals surface area contributed by atoms with E-state index in [2.05, 4.69) is 4.99 Å². The first-order valence-corrected chi connectivity index (χ1v) is 4.00. The molecular weight excluding hydrogens is 168 g/mol. The Morgan fingerprint density at radius 2 is 2.15 bits per heavy atom. The van der Waals surface area contributed by atoms with Crippen LogP contribution >= 0.6 is 0 Å². The van der Waals surface area contributed by atoms with Gasteiger partial charge in [-0.15, -0.1) is 0 Å². The normalized spacial score (nSPS) is 26.1. The third kappa shape index (κ3) is 1.11. The van der Waals surface area contributed by atoms with Crippen molar-refractivity contribution in [1.29, 1.82) is 0 Å². The number of carbonyl (C=O) groups excluding carboxylic acids is 2.